The van der Waals surface area contributed by atoms with E-state index in [1.54, 1.807) is 19.1 Å². The molecule has 4 atom stereocenters. The third kappa shape index (κ3) is 3.68. The van der Waals surface area contributed by atoms with E-state index in [-0.39, 0.29) is 16.7 Å². The molecule has 0 N–H and O–H groups in total. The summed E-state index contributed by atoms with van der Waals surface area (Å²) in [5.74, 6) is -0.636. The molecule has 0 radical (unpaired) electrons. The van der Waals surface area contributed by atoms with E-state index in [0.29, 0.717) is 11.4 Å². The van der Waals surface area contributed by atoms with Gasteiger partial charge in [0.25, 0.3) is 11.8 Å². The minimum Gasteiger partial charge on any atom is -0.481 e. The number of piperazine rings is 1. The van der Waals surface area contributed by atoms with Crippen LogP contribution in [-0.2, 0) is 19.2 Å². The number of likely N-dealkylation sites (N-methyl/N-ethyl adjacent to an activating group) is 1. The van der Waals surface area contributed by atoms with E-state index in [1.807, 2.05) is 0 Å². The zero-order chi connectivity index (χ0) is 23.1. The fourth-order valence-electron chi connectivity index (χ4n) is 4.27. The highest BCUT2D eigenvalue weighted by molar-refractivity contribution is 8.15. The molecule has 9 nitrogen and oxygen atoms in total. The Balaban J connectivity index is 2.23. The van der Waals surface area contributed by atoms with Crippen LogP contribution in [0.1, 0.15) is 38.8 Å². The van der Waals surface area contributed by atoms with Gasteiger partial charge in [-0.05, 0) is 30.3 Å². The lowest BCUT2D eigenvalue weighted by molar-refractivity contribution is -0.158. The zero-order valence-electron chi connectivity index (χ0n) is 17.7. The highest BCUT2D eigenvalue weighted by Crippen LogP contribution is 2.60. The molecule has 0 aromatic carbocycles. The molecule has 31 heavy (non-hydrogen) atoms. The standard InChI is InChI=1S/C20H22N4O5S2/c1-11(25)30-17-16(27)24-15(13-6-7-14(29-5)22-8-13)19(3,10-21)9-20(24,31-12(2)26)18(28)23(17)4/h6-8,15,17H,9H2,1-5H3/t15-,17-,19+,20+/m0/s1. The largest absolute Gasteiger partial charge is 0.481 e. The maximum absolute atomic E-state index is 13.7. The van der Waals surface area contributed by atoms with Gasteiger partial charge in [-0.25, -0.2) is 4.98 Å². The van der Waals surface area contributed by atoms with Crippen molar-refractivity contribution in [1.29, 1.82) is 5.26 Å². The normalized spacial score (nSPS) is 30.1. The number of rotatable bonds is 4. The number of hydrogen-bond acceptors (Lipinski definition) is 9. The number of methoxy groups -OCH3 is 1. The van der Waals surface area contributed by atoms with Gasteiger partial charge in [0, 0.05) is 39.6 Å². The fourth-order valence-corrected chi connectivity index (χ4v) is 6.42. The van der Waals surface area contributed by atoms with Crippen molar-refractivity contribution >= 4 is 45.6 Å². The average Bonchev–Trinajstić information content (AvgIpc) is 2.99. The average molecular weight is 463 g/mol. The quantitative estimate of drug-likeness (QED) is 0.661. The SMILES string of the molecule is COc1ccc([C@@H]2N3C(=O)[C@H](SC(C)=O)N(C)C(=O)[C@]3(SC(C)=O)C[C@]2(C)C#N)cn1. The Labute approximate surface area is 188 Å². The molecule has 2 aliphatic heterocycles. The summed E-state index contributed by atoms with van der Waals surface area (Å²) in [4.78, 5) is 56.3. The topological polar surface area (TPSA) is 121 Å². The van der Waals surface area contributed by atoms with Crippen molar-refractivity contribution in [3.8, 4) is 11.9 Å². The van der Waals surface area contributed by atoms with E-state index in [2.05, 4.69) is 11.1 Å². The van der Waals surface area contributed by atoms with Gasteiger partial charge in [-0.3, -0.25) is 19.2 Å². The molecule has 0 unspecified atom stereocenters. The number of carbonyl (C=O) groups is 4. The highest BCUT2D eigenvalue weighted by Gasteiger charge is 2.69. The van der Waals surface area contributed by atoms with Gasteiger partial charge in [0.15, 0.2) is 20.5 Å². The van der Waals surface area contributed by atoms with Crippen LogP contribution in [0.4, 0.5) is 0 Å². The van der Waals surface area contributed by atoms with Crippen LogP contribution in [0, 0.1) is 16.7 Å². The third-order valence-electron chi connectivity index (χ3n) is 5.44. The van der Waals surface area contributed by atoms with Crippen LogP contribution in [0.5, 0.6) is 5.88 Å². The molecule has 2 aliphatic rings. The van der Waals surface area contributed by atoms with Crippen LogP contribution in [-0.4, -0.2) is 61.2 Å². The highest BCUT2D eigenvalue weighted by atomic mass is 32.2. The molecule has 1 aromatic rings. The Hall–Kier alpha value is -2.58. The minimum atomic E-state index is -1.58. The third-order valence-corrected chi connectivity index (χ3v) is 7.66. The summed E-state index contributed by atoms with van der Waals surface area (Å²) in [7, 11) is 2.91. The predicted molar refractivity (Wildman–Crippen MR) is 115 cm³/mol. The van der Waals surface area contributed by atoms with E-state index < -0.39 is 33.5 Å². The van der Waals surface area contributed by atoms with Gasteiger partial charge in [0.05, 0.1) is 24.6 Å². The van der Waals surface area contributed by atoms with E-state index in [4.69, 9.17) is 4.74 Å². The summed E-state index contributed by atoms with van der Waals surface area (Å²) < 4.78 is 5.10. The molecule has 3 heterocycles. The van der Waals surface area contributed by atoms with Crippen LogP contribution in [0.3, 0.4) is 0 Å². The first-order chi connectivity index (χ1) is 14.5. The van der Waals surface area contributed by atoms with Crippen molar-refractivity contribution in [2.24, 2.45) is 5.41 Å². The Morgan fingerprint density at radius 2 is 1.97 bits per heavy atom. The summed E-state index contributed by atoms with van der Waals surface area (Å²) in [6.07, 6.45) is 1.46. The summed E-state index contributed by atoms with van der Waals surface area (Å²) in [5, 5.41) is 8.33. The van der Waals surface area contributed by atoms with E-state index >= 15 is 0 Å². The van der Waals surface area contributed by atoms with Crippen molar-refractivity contribution in [2.75, 3.05) is 14.2 Å². The molecular weight excluding hydrogens is 440 g/mol. The first kappa shape index (κ1) is 23.1. The number of pyridine rings is 1. The van der Waals surface area contributed by atoms with Gasteiger partial charge in [-0.15, -0.1) is 0 Å². The van der Waals surface area contributed by atoms with Gasteiger partial charge in [0.2, 0.25) is 5.88 Å². The van der Waals surface area contributed by atoms with Gasteiger partial charge in [-0.2, -0.15) is 5.26 Å². The van der Waals surface area contributed by atoms with Crippen molar-refractivity contribution in [3.63, 3.8) is 0 Å². The molecule has 2 amide bonds. The van der Waals surface area contributed by atoms with Gasteiger partial charge >= 0.3 is 0 Å². The van der Waals surface area contributed by atoms with Crippen molar-refractivity contribution in [2.45, 2.75) is 43.5 Å². The van der Waals surface area contributed by atoms with E-state index in [9.17, 15) is 24.4 Å². The molecular formula is C20H22N4O5S2. The molecule has 3 rings (SSSR count). The van der Waals surface area contributed by atoms with Crippen LogP contribution in [0.25, 0.3) is 0 Å². The Morgan fingerprint density at radius 1 is 1.29 bits per heavy atom. The first-order valence-corrected chi connectivity index (χ1v) is 11.1. The van der Waals surface area contributed by atoms with Gasteiger partial charge in [-0.1, -0.05) is 11.8 Å². The lowest BCUT2D eigenvalue weighted by Crippen LogP contribution is -2.67. The van der Waals surface area contributed by atoms with Crippen molar-refractivity contribution in [3.05, 3.63) is 23.9 Å². The number of nitriles is 1. The maximum atomic E-state index is 13.7. The number of thioether (sulfide) groups is 2. The molecule has 0 bridgehead atoms. The number of amides is 2. The van der Waals surface area contributed by atoms with Gasteiger partial charge in [0.1, 0.15) is 0 Å². The number of carbonyl (C=O) groups excluding carboxylic acids is 4. The molecule has 2 fully saturated rings. The summed E-state index contributed by atoms with van der Waals surface area (Å²) in [6.45, 7) is 4.30. The number of hydrogen-bond donors (Lipinski definition) is 0. The van der Waals surface area contributed by atoms with Crippen molar-refractivity contribution in [1.82, 2.24) is 14.8 Å². The van der Waals surface area contributed by atoms with Crippen LogP contribution >= 0.6 is 23.5 Å². The second kappa shape index (κ2) is 8.16. The zero-order valence-corrected chi connectivity index (χ0v) is 19.4. The molecule has 0 spiro atoms. The number of nitrogens with zero attached hydrogens (tertiary/aromatic N) is 4. The molecule has 11 heteroatoms. The molecule has 1 aromatic heterocycles. The lowest BCUT2D eigenvalue weighted by atomic mass is 9.80. The minimum absolute atomic E-state index is 0.0379. The summed E-state index contributed by atoms with van der Waals surface area (Å²) >= 11 is 1.47. The van der Waals surface area contributed by atoms with Crippen molar-refractivity contribution < 1.29 is 23.9 Å². The summed E-state index contributed by atoms with van der Waals surface area (Å²) in [6, 6.07) is 4.71. The monoisotopic (exact) mass is 462 g/mol. The van der Waals surface area contributed by atoms with Crippen LogP contribution < -0.4 is 4.74 Å². The number of aromatic nitrogens is 1. The lowest BCUT2D eigenvalue weighted by Gasteiger charge is -2.48. The second-order valence-electron chi connectivity index (χ2n) is 7.71. The second-order valence-corrected chi connectivity index (χ2v) is 10.4. The molecule has 164 valence electrons. The first-order valence-electron chi connectivity index (χ1n) is 9.39. The van der Waals surface area contributed by atoms with Crippen LogP contribution in [0.15, 0.2) is 18.3 Å². The molecule has 0 aliphatic carbocycles. The molecule has 2 saturated heterocycles. The summed E-state index contributed by atoms with van der Waals surface area (Å²) in [5.41, 5.74) is -0.645. The molecule has 0 saturated carbocycles. The smallest absolute Gasteiger partial charge is 0.260 e. The number of fused-ring (bicyclic) bond motifs is 1. The van der Waals surface area contributed by atoms with Crippen LogP contribution in [0.2, 0.25) is 0 Å². The fraction of sp³-hybridized carbons (Fsp3) is 0.500. The maximum Gasteiger partial charge on any atom is 0.260 e. The Bertz CT molecular complexity index is 994. The Morgan fingerprint density at radius 3 is 2.45 bits per heavy atom. The number of ether oxygens (including phenoxy) is 1. The van der Waals surface area contributed by atoms with Gasteiger partial charge < -0.3 is 14.5 Å². The van der Waals surface area contributed by atoms with E-state index in [1.165, 1.54) is 44.0 Å². The Kier molecular flexibility index (Phi) is 6.08. The van der Waals surface area contributed by atoms with E-state index in [0.717, 1.165) is 23.5 Å². The predicted octanol–water partition coefficient (Wildman–Crippen LogP) is 1.95.